The standard InChI is InChI=1S/C36H49N3O8/c1-7-21(2)32(35(44)37-20-36(19-30(42)43)15-9-8-10-16-36)39-27-14-12-24-25(18-28(27)41)26(38-22(3)40)13-11-23-17-29(45-4)33(46-5)34(47-6)31(23)24/h12,14,17-18,21,26,32H,7-11,13,15-16,19-20H2,1-6H3,(H,37,44)(H,38,40)(H,39,41)(H,42,43)/t21-,26-,32-/m0/s1. The van der Waals surface area contributed by atoms with Crippen molar-refractivity contribution in [3.63, 3.8) is 0 Å². The number of benzene rings is 1. The van der Waals surface area contributed by atoms with Gasteiger partial charge in [0.2, 0.25) is 23.0 Å². The van der Waals surface area contributed by atoms with Gasteiger partial charge in [0.1, 0.15) is 6.04 Å². The number of nitrogens with one attached hydrogen (secondary N) is 3. The lowest BCUT2D eigenvalue weighted by molar-refractivity contribution is -0.141. The van der Waals surface area contributed by atoms with Crippen LogP contribution in [0.15, 0.2) is 29.1 Å². The molecule has 0 bridgehead atoms. The molecule has 0 unspecified atom stereocenters. The highest BCUT2D eigenvalue weighted by atomic mass is 16.5. The molecule has 2 aliphatic carbocycles. The van der Waals surface area contributed by atoms with Crippen LogP contribution < -0.4 is 35.6 Å². The third-order valence-corrected chi connectivity index (χ3v) is 9.80. The molecule has 0 aromatic heterocycles. The molecule has 3 atom stereocenters. The Balaban J connectivity index is 1.77. The summed E-state index contributed by atoms with van der Waals surface area (Å²) in [5.74, 6) is -0.121. The maximum atomic E-state index is 13.9. The maximum absolute atomic E-state index is 13.9. The second-order valence-corrected chi connectivity index (χ2v) is 13.0. The average molecular weight is 652 g/mol. The number of carboxylic acid groups (broad SMARTS) is 1. The van der Waals surface area contributed by atoms with Crippen LogP contribution >= 0.6 is 0 Å². The molecule has 256 valence electrons. The first-order chi connectivity index (χ1) is 22.5. The minimum Gasteiger partial charge on any atom is -0.493 e. The minimum atomic E-state index is -0.864. The normalized spacial score (nSPS) is 17.9. The fourth-order valence-corrected chi connectivity index (χ4v) is 7.12. The molecule has 0 radical (unpaired) electrons. The zero-order valence-corrected chi connectivity index (χ0v) is 28.4. The van der Waals surface area contributed by atoms with E-state index in [1.807, 2.05) is 26.0 Å². The number of rotatable bonds is 13. The quantitative estimate of drug-likeness (QED) is 0.228. The lowest BCUT2D eigenvalue weighted by Gasteiger charge is -2.37. The molecule has 11 heteroatoms. The summed E-state index contributed by atoms with van der Waals surface area (Å²) in [7, 11) is 4.64. The Labute approximate surface area is 276 Å². The topological polar surface area (TPSA) is 152 Å². The number of anilines is 1. The van der Waals surface area contributed by atoms with E-state index in [0.29, 0.717) is 47.6 Å². The molecule has 0 saturated heterocycles. The second kappa shape index (κ2) is 15.5. The van der Waals surface area contributed by atoms with Gasteiger partial charge in [0, 0.05) is 19.0 Å². The van der Waals surface area contributed by atoms with Crippen LogP contribution in [0.25, 0.3) is 11.1 Å². The molecule has 1 saturated carbocycles. The molecule has 2 aromatic rings. The van der Waals surface area contributed by atoms with Crippen LogP contribution in [0.1, 0.15) is 89.3 Å². The molecular formula is C36H49N3O8. The van der Waals surface area contributed by atoms with E-state index in [4.69, 9.17) is 14.2 Å². The molecule has 0 spiro atoms. The van der Waals surface area contributed by atoms with Gasteiger partial charge in [0.25, 0.3) is 0 Å². The number of aliphatic carboxylic acids is 1. The number of methoxy groups -OCH3 is 3. The van der Waals surface area contributed by atoms with Crippen LogP contribution in [0.2, 0.25) is 0 Å². The summed E-state index contributed by atoms with van der Waals surface area (Å²) in [5.41, 5.74) is 2.39. The van der Waals surface area contributed by atoms with E-state index in [1.165, 1.54) is 20.1 Å². The Morgan fingerprint density at radius 3 is 2.32 bits per heavy atom. The van der Waals surface area contributed by atoms with Gasteiger partial charge in [0.15, 0.2) is 11.5 Å². The highest BCUT2D eigenvalue weighted by molar-refractivity contribution is 5.86. The summed E-state index contributed by atoms with van der Waals surface area (Å²) in [6.45, 7) is 5.64. The van der Waals surface area contributed by atoms with Gasteiger partial charge in [-0.05, 0) is 71.9 Å². The van der Waals surface area contributed by atoms with E-state index >= 15 is 0 Å². The summed E-state index contributed by atoms with van der Waals surface area (Å²) in [6.07, 6.45) is 6.23. The van der Waals surface area contributed by atoms with Crippen LogP contribution in [0.5, 0.6) is 17.2 Å². The summed E-state index contributed by atoms with van der Waals surface area (Å²) in [5, 5.41) is 18.9. The summed E-state index contributed by atoms with van der Waals surface area (Å²) < 4.78 is 17.2. The lowest BCUT2D eigenvalue weighted by atomic mass is 9.71. The first kappa shape index (κ1) is 35.6. The van der Waals surface area contributed by atoms with E-state index in [2.05, 4.69) is 16.0 Å². The molecule has 0 aliphatic heterocycles. The molecule has 47 heavy (non-hydrogen) atoms. The Morgan fingerprint density at radius 1 is 1.02 bits per heavy atom. The van der Waals surface area contributed by atoms with Crippen molar-refractivity contribution >= 4 is 23.5 Å². The monoisotopic (exact) mass is 651 g/mol. The highest BCUT2D eigenvalue weighted by Gasteiger charge is 2.36. The number of aryl methyl sites for hydroxylation is 1. The Bertz CT molecular complexity index is 1540. The number of amides is 2. The minimum absolute atomic E-state index is 0.0105. The molecule has 0 heterocycles. The highest BCUT2D eigenvalue weighted by Crippen LogP contribution is 2.50. The number of carbonyl (C=O) groups is 3. The van der Waals surface area contributed by atoms with Crippen LogP contribution in [-0.4, -0.2) is 56.8 Å². The molecule has 11 nitrogen and oxygen atoms in total. The van der Waals surface area contributed by atoms with Crippen LogP contribution in [0, 0.1) is 11.3 Å². The van der Waals surface area contributed by atoms with Crippen molar-refractivity contribution in [2.75, 3.05) is 33.2 Å². The van der Waals surface area contributed by atoms with E-state index in [0.717, 1.165) is 43.2 Å². The van der Waals surface area contributed by atoms with Gasteiger partial charge in [0.05, 0.1) is 39.5 Å². The number of hydrogen-bond donors (Lipinski definition) is 4. The van der Waals surface area contributed by atoms with Crippen LogP contribution in [0.4, 0.5) is 5.69 Å². The zero-order valence-electron chi connectivity index (χ0n) is 28.4. The third-order valence-electron chi connectivity index (χ3n) is 9.80. The molecule has 4 N–H and O–H groups in total. The largest absolute Gasteiger partial charge is 0.493 e. The van der Waals surface area contributed by atoms with Crippen LogP contribution in [-0.2, 0) is 20.8 Å². The fourth-order valence-electron chi connectivity index (χ4n) is 7.12. The molecule has 1 fully saturated rings. The first-order valence-electron chi connectivity index (χ1n) is 16.5. The number of hydrogen-bond acceptors (Lipinski definition) is 8. The van der Waals surface area contributed by atoms with E-state index in [1.54, 1.807) is 20.3 Å². The van der Waals surface area contributed by atoms with Crippen molar-refractivity contribution in [2.45, 2.75) is 90.6 Å². The number of carboxylic acids is 1. The van der Waals surface area contributed by atoms with Crippen molar-refractivity contribution in [3.8, 4) is 28.4 Å². The Kier molecular flexibility index (Phi) is 11.8. The zero-order chi connectivity index (χ0) is 34.3. The van der Waals surface area contributed by atoms with Crippen molar-refractivity contribution in [1.29, 1.82) is 0 Å². The van der Waals surface area contributed by atoms with Crippen molar-refractivity contribution in [1.82, 2.24) is 10.6 Å². The number of fused-ring (bicyclic) bond motifs is 3. The fraction of sp³-hybridized carbons (Fsp3) is 0.556. The molecule has 2 aliphatic rings. The summed E-state index contributed by atoms with van der Waals surface area (Å²) >= 11 is 0. The SMILES string of the molecule is CC[C@H](C)[C@H](Nc1ccc2c(cc1=O)[C@@H](NC(C)=O)CCc1cc(OC)c(OC)c(OC)c1-2)C(=O)NCC1(CC(=O)O)CCCCC1. The third kappa shape index (κ3) is 8.00. The van der Waals surface area contributed by atoms with Gasteiger partial charge in [-0.2, -0.15) is 0 Å². The van der Waals surface area contributed by atoms with Crippen molar-refractivity contribution < 1.29 is 33.7 Å². The lowest BCUT2D eigenvalue weighted by Crippen LogP contribution is -2.48. The average Bonchev–Trinajstić information content (AvgIpc) is 3.29. The Hall–Kier alpha value is -4.28. The van der Waals surface area contributed by atoms with Gasteiger partial charge < -0.3 is 35.3 Å². The van der Waals surface area contributed by atoms with Gasteiger partial charge in [-0.15, -0.1) is 0 Å². The second-order valence-electron chi connectivity index (χ2n) is 13.0. The predicted molar refractivity (Wildman–Crippen MR) is 180 cm³/mol. The van der Waals surface area contributed by atoms with Crippen molar-refractivity contribution in [2.24, 2.45) is 11.3 Å². The molecular weight excluding hydrogens is 602 g/mol. The molecule has 4 rings (SSSR count). The number of carbonyl (C=O) groups excluding carboxylic acids is 2. The smallest absolute Gasteiger partial charge is 0.303 e. The number of ether oxygens (including phenoxy) is 3. The van der Waals surface area contributed by atoms with Gasteiger partial charge in [-0.1, -0.05) is 45.6 Å². The van der Waals surface area contributed by atoms with Crippen LogP contribution in [0.3, 0.4) is 0 Å². The van der Waals surface area contributed by atoms with Gasteiger partial charge >= 0.3 is 5.97 Å². The molecule has 2 amide bonds. The van der Waals surface area contributed by atoms with Crippen molar-refractivity contribution in [3.05, 3.63) is 45.6 Å². The summed E-state index contributed by atoms with van der Waals surface area (Å²) in [6, 6.07) is 5.72. The Morgan fingerprint density at radius 2 is 1.72 bits per heavy atom. The first-order valence-corrected chi connectivity index (χ1v) is 16.5. The summed E-state index contributed by atoms with van der Waals surface area (Å²) in [4.78, 5) is 51.7. The van der Waals surface area contributed by atoms with Gasteiger partial charge in [-0.25, -0.2) is 0 Å². The van der Waals surface area contributed by atoms with E-state index < -0.39 is 23.5 Å². The predicted octanol–water partition coefficient (Wildman–Crippen LogP) is 5.23. The molecule has 2 aromatic carbocycles. The van der Waals surface area contributed by atoms with E-state index in [-0.39, 0.29) is 41.8 Å². The van der Waals surface area contributed by atoms with E-state index in [9.17, 15) is 24.3 Å². The van der Waals surface area contributed by atoms with Gasteiger partial charge in [-0.3, -0.25) is 19.2 Å². The maximum Gasteiger partial charge on any atom is 0.303 e.